The van der Waals surface area contributed by atoms with Gasteiger partial charge in [-0.15, -0.1) is 0 Å². The zero-order valence-electron chi connectivity index (χ0n) is 28.8. The second-order valence-corrected chi connectivity index (χ2v) is 15.7. The van der Waals surface area contributed by atoms with Gasteiger partial charge in [0.05, 0.1) is 23.7 Å². The topological polar surface area (TPSA) is 114 Å². The molecule has 9 nitrogen and oxygen atoms in total. The molecule has 4 atom stereocenters. The highest BCUT2D eigenvalue weighted by atomic mass is 32.2. The van der Waals surface area contributed by atoms with Gasteiger partial charge in [-0.2, -0.15) is 0 Å². The number of nitrogens with one attached hydrogen (secondary N) is 1. The number of carbonyl (C=O) groups excluding carboxylic acids is 1. The van der Waals surface area contributed by atoms with Gasteiger partial charge in [0, 0.05) is 25.1 Å². The lowest BCUT2D eigenvalue weighted by atomic mass is 9.97. The number of sulfonamides is 1. The highest BCUT2D eigenvalue weighted by Crippen LogP contribution is 2.39. The summed E-state index contributed by atoms with van der Waals surface area (Å²) in [5.74, 6) is -0.196. The molecule has 0 radical (unpaired) electrons. The monoisotopic (exact) mass is 698 g/mol. The van der Waals surface area contributed by atoms with Crippen molar-refractivity contribution < 1.29 is 32.5 Å². The quantitative estimate of drug-likeness (QED) is 0.167. The Kier molecular flexibility index (Phi) is 11.2. The number of hydrogen-bond donors (Lipinski definition) is 2. The Morgan fingerprint density at radius 1 is 0.900 bits per heavy atom. The summed E-state index contributed by atoms with van der Waals surface area (Å²) in [5, 5.41) is 9.58. The molecule has 0 aromatic heterocycles. The molecule has 0 aliphatic carbocycles. The molecule has 6 rings (SSSR count). The Labute approximate surface area is 295 Å². The third-order valence-electron chi connectivity index (χ3n) is 9.11. The number of rotatable bonds is 11. The average molecular weight is 699 g/mol. The van der Waals surface area contributed by atoms with E-state index in [2.05, 4.69) is 9.62 Å². The first-order chi connectivity index (χ1) is 24.0. The van der Waals surface area contributed by atoms with Gasteiger partial charge in [0.1, 0.15) is 11.6 Å². The van der Waals surface area contributed by atoms with Crippen molar-refractivity contribution in [2.75, 3.05) is 13.1 Å². The highest BCUT2D eigenvalue weighted by Gasteiger charge is 2.39. The second-order valence-electron chi connectivity index (χ2n) is 14.0. The second kappa shape index (κ2) is 15.6. The molecule has 2 saturated heterocycles. The van der Waals surface area contributed by atoms with Gasteiger partial charge >= 0.3 is 5.97 Å². The van der Waals surface area contributed by atoms with Gasteiger partial charge in [0.15, 0.2) is 6.29 Å². The molecular formula is C40H46N2O7S. The van der Waals surface area contributed by atoms with Crippen LogP contribution in [0, 0.1) is 0 Å². The molecule has 4 aromatic carbocycles. The Morgan fingerprint density at radius 2 is 1.58 bits per heavy atom. The zero-order valence-corrected chi connectivity index (χ0v) is 29.6. The first-order valence-electron chi connectivity index (χ1n) is 17.2. The molecule has 2 aliphatic rings. The van der Waals surface area contributed by atoms with E-state index in [4.69, 9.17) is 14.2 Å². The maximum Gasteiger partial charge on any atom is 0.323 e. The van der Waals surface area contributed by atoms with Crippen LogP contribution in [0.2, 0.25) is 0 Å². The van der Waals surface area contributed by atoms with Crippen LogP contribution in [0.5, 0.6) is 0 Å². The van der Waals surface area contributed by atoms with Crippen molar-refractivity contribution in [2.45, 2.75) is 88.2 Å². The molecule has 10 heteroatoms. The Bertz CT molecular complexity index is 1840. The van der Waals surface area contributed by atoms with Gasteiger partial charge in [-0.25, -0.2) is 13.1 Å². The molecule has 0 amide bonds. The van der Waals surface area contributed by atoms with Crippen LogP contribution in [-0.4, -0.2) is 55.2 Å². The molecule has 2 fully saturated rings. The normalized spacial score (nSPS) is 21.6. The summed E-state index contributed by atoms with van der Waals surface area (Å²) < 4.78 is 47.5. The minimum Gasteiger partial charge on any atom is -0.459 e. The zero-order chi connectivity index (χ0) is 35.3. The number of benzene rings is 4. The van der Waals surface area contributed by atoms with E-state index in [1.807, 2.05) is 93.6 Å². The number of nitrogens with zero attached hydrogens (tertiary/aromatic N) is 1. The van der Waals surface area contributed by atoms with Crippen LogP contribution >= 0.6 is 0 Å². The van der Waals surface area contributed by atoms with Gasteiger partial charge in [0.2, 0.25) is 10.0 Å². The minimum atomic E-state index is -3.67. The van der Waals surface area contributed by atoms with E-state index in [9.17, 15) is 18.3 Å². The summed E-state index contributed by atoms with van der Waals surface area (Å²) in [4.78, 5) is 15.5. The van der Waals surface area contributed by atoms with E-state index in [0.717, 1.165) is 52.8 Å². The lowest BCUT2D eigenvalue weighted by Crippen LogP contribution is -2.45. The number of esters is 1. The predicted molar refractivity (Wildman–Crippen MR) is 191 cm³/mol. The van der Waals surface area contributed by atoms with Crippen molar-refractivity contribution in [3.05, 3.63) is 125 Å². The number of ether oxygens (including phenoxy) is 3. The van der Waals surface area contributed by atoms with Crippen molar-refractivity contribution in [3.8, 4) is 11.1 Å². The van der Waals surface area contributed by atoms with E-state index in [-0.39, 0.29) is 42.3 Å². The number of carbonyl (C=O) groups is 1. The maximum atomic E-state index is 13.1. The largest absolute Gasteiger partial charge is 0.459 e. The number of aliphatic hydroxyl groups excluding tert-OH is 1. The summed E-state index contributed by atoms with van der Waals surface area (Å²) >= 11 is 0. The van der Waals surface area contributed by atoms with Crippen molar-refractivity contribution >= 4 is 16.0 Å². The molecule has 0 unspecified atom stereocenters. The molecule has 0 saturated carbocycles. The van der Waals surface area contributed by atoms with Crippen LogP contribution in [0.15, 0.2) is 108 Å². The van der Waals surface area contributed by atoms with Crippen molar-refractivity contribution in [1.82, 2.24) is 9.62 Å². The summed E-state index contributed by atoms with van der Waals surface area (Å²) in [6.07, 6.45) is 1.16. The fraction of sp³-hybridized carbons (Fsp3) is 0.375. The van der Waals surface area contributed by atoms with Gasteiger partial charge in [-0.3, -0.25) is 9.69 Å². The standard InChI is InChI=1S/C40H46N2O7S/c1-40(2,3)49-38(44)36-14-9-23-42(36)26-33-24-37(30-17-15-28(27-43)16-18-30)48-39(47-33)31-21-19-29(20-22-31)35-13-8-7-10-32(35)25-41-50(45,46)34-11-5-4-6-12-34/h4-8,10-13,15-22,33,36-37,39,41,43H,9,14,23-27H2,1-3H3/t33-,36+,37+,39+/m1/s1. The van der Waals surface area contributed by atoms with Crippen molar-refractivity contribution in [3.63, 3.8) is 0 Å². The van der Waals surface area contributed by atoms with Crippen LogP contribution in [0.1, 0.15) is 74.7 Å². The van der Waals surface area contributed by atoms with Gasteiger partial charge < -0.3 is 19.3 Å². The van der Waals surface area contributed by atoms with Gasteiger partial charge in [-0.05, 0) is 80.1 Å². The SMILES string of the molecule is CC(C)(C)OC(=O)[C@@H]1CCCN1C[C@H]1C[C@@H](c2ccc(CO)cc2)O[C@@H](c2ccc(-c3ccccc3CNS(=O)(=O)c3ccccc3)cc2)O1. The molecule has 0 bridgehead atoms. The van der Waals surface area contributed by atoms with Crippen LogP contribution in [0.25, 0.3) is 11.1 Å². The van der Waals surface area contributed by atoms with E-state index in [1.165, 1.54) is 0 Å². The molecule has 50 heavy (non-hydrogen) atoms. The van der Waals surface area contributed by atoms with Crippen LogP contribution < -0.4 is 4.72 Å². The molecular weight excluding hydrogens is 653 g/mol. The Hall–Kier alpha value is -3.90. The maximum absolute atomic E-state index is 13.1. The van der Waals surface area contributed by atoms with Crippen LogP contribution in [-0.2, 0) is 42.2 Å². The molecule has 4 aromatic rings. The smallest absolute Gasteiger partial charge is 0.323 e. The first kappa shape index (κ1) is 35.9. The highest BCUT2D eigenvalue weighted by molar-refractivity contribution is 7.89. The lowest BCUT2D eigenvalue weighted by molar-refractivity contribution is -0.253. The number of aliphatic hydroxyl groups is 1. The summed E-state index contributed by atoms with van der Waals surface area (Å²) in [5.41, 5.74) is 4.82. The lowest BCUT2D eigenvalue weighted by Gasteiger charge is -2.38. The molecule has 2 N–H and O–H groups in total. The molecule has 264 valence electrons. The van der Waals surface area contributed by atoms with E-state index < -0.39 is 21.9 Å². The van der Waals surface area contributed by atoms with E-state index in [1.54, 1.807) is 30.3 Å². The molecule has 2 aliphatic heterocycles. The third kappa shape index (κ3) is 8.87. The fourth-order valence-electron chi connectivity index (χ4n) is 6.61. The minimum absolute atomic E-state index is 0.0322. The fourth-order valence-corrected chi connectivity index (χ4v) is 7.64. The molecule has 0 spiro atoms. The average Bonchev–Trinajstić information content (AvgIpc) is 3.59. The van der Waals surface area contributed by atoms with E-state index >= 15 is 0 Å². The predicted octanol–water partition coefficient (Wildman–Crippen LogP) is 6.68. The van der Waals surface area contributed by atoms with Gasteiger partial charge in [0.25, 0.3) is 0 Å². The Morgan fingerprint density at radius 3 is 2.28 bits per heavy atom. The van der Waals surface area contributed by atoms with Crippen molar-refractivity contribution in [1.29, 1.82) is 0 Å². The number of likely N-dealkylation sites (tertiary alicyclic amines) is 1. The first-order valence-corrected chi connectivity index (χ1v) is 18.7. The Balaban J connectivity index is 1.21. The molecule has 2 heterocycles. The summed E-state index contributed by atoms with van der Waals surface area (Å²) in [7, 11) is -3.67. The summed E-state index contributed by atoms with van der Waals surface area (Å²) in [6.45, 7) is 7.14. The van der Waals surface area contributed by atoms with E-state index in [0.29, 0.717) is 13.0 Å². The van der Waals surface area contributed by atoms with Crippen LogP contribution in [0.3, 0.4) is 0 Å². The third-order valence-corrected chi connectivity index (χ3v) is 10.5. The number of hydrogen-bond acceptors (Lipinski definition) is 8. The van der Waals surface area contributed by atoms with Gasteiger partial charge in [-0.1, -0.05) is 91.0 Å². The van der Waals surface area contributed by atoms with Crippen LogP contribution in [0.4, 0.5) is 0 Å². The van der Waals surface area contributed by atoms with Crippen molar-refractivity contribution in [2.24, 2.45) is 0 Å². The summed E-state index contributed by atoms with van der Waals surface area (Å²) in [6, 6.07) is 31.5.